The molecule has 0 radical (unpaired) electrons. The second-order valence-electron chi connectivity index (χ2n) is 5.21. The summed E-state index contributed by atoms with van der Waals surface area (Å²) in [6, 6.07) is 16.0. The molecule has 0 aliphatic carbocycles. The molecule has 0 spiro atoms. The minimum Gasteiger partial charge on any atom is -0.347 e. The number of nitrogens with zero attached hydrogens (tertiary/aromatic N) is 2. The number of hydrogen-bond acceptors (Lipinski definition) is 4. The van der Waals surface area contributed by atoms with Crippen molar-refractivity contribution in [2.24, 2.45) is 0 Å². The van der Waals surface area contributed by atoms with Crippen molar-refractivity contribution in [2.75, 3.05) is 5.32 Å². The Labute approximate surface area is 155 Å². The van der Waals surface area contributed by atoms with Gasteiger partial charge in [-0.05, 0) is 48.0 Å². The van der Waals surface area contributed by atoms with Crippen molar-refractivity contribution in [3.8, 4) is 0 Å². The molecule has 25 heavy (non-hydrogen) atoms. The Hall–Kier alpha value is -2.63. The van der Waals surface area contributed by atoms with E-state index in [1.54, 1.807) is 42.5 Å². The minimum absolute atomic E-state index is 0.278. The highest BCUT2D eigenvalue weighted by Crippen LogP contribution is 2.16. The predicted octanol–water partition coefficient (Wildman–Crippen LogP) is 4.46. The van der Waals surface area contributed by atoms with Crippen LogP contribution in [0.2, 0.25) is 10.0 Å². The summed E-state index contributed by atoms with van der Waals surface area (Å²) in [7, 11) is 0. The molecule has 1 heterocycles. The molecule has 0 fully saturated rings. The minimum atomic E-state index is -0.281. The van der Waals surface area contributed by atoms with Crippen LogP contribution >= 0.6 is 23.2 Å². The third-order valence-electron chi connectivity index (χ3n) is 3.35. The van der Waals surface area contributed by atoms with E-state index in [0.29, 0.717) is 22.5 Å². The smallest absolute Gasteiger partial charge is 0.270 e. The largest absolute Gasteiger partial charge is 0.347 e. The molecule has 0 saturated carbocycles. The number of nitrogens with one attached hydrogen (secondary N) is 2. The van der Waals surface area contributed by atoms with Crippen LogP contribution in [0.1, 0.15) is 16.1 Å². The van der Waals surface area contributed by atoms with E-state index in [-0.39, 0.29) is 11.6 Å². The lowest BCUT2D eigenvalue weighted by atomic mass is 10.2. The quantitative estimate of drug-likeness (QED) is 0.693. The van der Waals surface area contributed by atoms with Gasteiger partial charge in [-0.1, -0.05) is 35.3 Å². The van der Waals surface area contributed by atoms with Gasteiger partial charge in [-0.25, -0.2) is 9.97 Å². The number of halogens is 2. The molecule has 0 aliphatic heterocycles. The molecule has 1 amide bonds. The highest BCUT2D eigenvalue weighted by molar-refractivity contribution is 6.30. The van der Waals surface area contributed by atoms with Gasteiger partial charge in [0.05, 0.1) is 0 Å². The van der Waals surface area contributed by atoms with Crippen molar-refractivity contribution < 1.29 is 4.79 Å². The molecule has 5 nitrogen and oxygen atoms in total. The van der Waals surface area contributed by atoms with E-state index >= 15 is 0 Å². The number of carbonyl (C=O) groups is 1. The Bertz CT molecular complexity index is 867. The van der Waals surface area contributed by atoms with Gasteiger partial charge in [-0.2, -0.15) is 0 Å². The van der Waals surface area contributed by atoms with Crippen LogP contribution in [0.5, 0.6) is 0 Å². The van der Waals surface area contributed by atoms with E-state index in [4.69, 9.17) is 23.2 Å². The van der Waals surface area contributed by atoms with Crippen LogP contribution < -0.4 is 10.6 Å². The van der Waals surface area contributed by atoms with E-state index in [9.17, 15) is 4.79 Å². The number of rotatable bonds is 5. The lowest BCUT2D eigenvalue weighted by Gasteiger charge is -2.08. The Morgan fingerprint density at radius 3 is 2.24 bits per heavy atom. The van der Waals surface area contributed by atoms with Gasteiger partial charge < -0.3 is 10.6 Å². The van der Waals surface area contributed by atoms with Crippen molar-refractivity contribution in [3.05, 3.63) is 82.1 Å². The molecule has 0 unspecified atom stereocenters. The van der Waals surface area contributed by atoms with Crippen molar-refractivity contribution in [2.45, 2.75) is 6.54 Å². The van der Waals surface area contributed by atoms with E-state index in [2.05, 4.69) is 20.6 Å². The maximum atomic E-state index is 12.3. The number of carbonyl (C=O) groups excluding carboxylic acids is 1. The van der Waals surface area contributed by atoms with Crippen molar-refractivity contribution in [3.63, 3.8) is 0 Å². The van der Waals surface area contributed by atoms with Gasteiger partial charge in [-0.3, -0.25) is 4.79 Å². The maximum absolute atomic E-state index is 12.3. The summed E-state index contributed by atoms with van der Waals surface area (Å²) in [6.07, 6.45) is 1.53. The Morgan fingerprint density at radius 2 is 1.56 bits per heavy atom. The van der Waals surface area contributed by atoms with Crippen molar-refractivity contribution in [1.82, 2.24) is 15.3 Å². The first-order valence-corrected chi connectivity index (χ1v) is 8.24. The SMILES string of the molecule is O=C(NCc1ccc(Cl)cc1)c1ccnc(Nc2ccc(Cl)cc2)n1. The van der Waals surface area contributed by atoms with Crippen LogP contribution in [0.4, 0.5) is 11.6 Å². The fraction of sp³-hybridized carbons (Fsp3) is 0.0556. The highest BCUT2D eigenvalue weighted by atomic mass is 35.5. The van der Waals surface area contributed by atoms with E-state index < -0.39 is 0 Å². The fourth-order valence-corrected chi connectivity index (χ4v) is 2.33. The predicted molar refractivity (Wildman–Crippen MR) is 99.4 cm³/mol. The van der Waals surface area contributed by atoms with Gasteiger partial charge in [-0.15, -0.1) is 0 Å². The molecule has 0 aliphatic rings. The van der Waals surface area contributed by atoms with Gasteiger partial charge in [0, 0.05) is 28.5 Å². The number of amides is 1. The number of anilines is 2. The van der Waals surface area contributed by atoms with E-state index in [1.165, 1.54) is 6.20 Å². The molecule has 3 rings (SSSR count). The summed E-state index contributed by atoms with van der Waals surface area (Å²) in [6.45, 7) is 0.389. The van der Waals surface area contributed by atoms with E-state index in [0.717, 1.165) is 11.3 Å². The Kier molecular flexibility index (Phi) is 5.48. The summed E-state index contributed by atoms with van der Waals surface area (Å²) in [4.78, 5) is 20.6. The second-order valence-corrected chi connectivity index (χ2v) is 6.08. The molecule has 7 heteroatoms. The lowest BCUT2D eigenvalue weighted by molar-refractivity contribution is 0.0946. The average Bonchev–Trinajstić information content (AvgIpc) is 2.63. The molecule has 2 aromatic carbocycles. The molecule has 0 bridgehead atoms. The molecule has 3 aromatic rings. The first kappa shape index (κ1) is 17.2. The number of benzene rings is 2. The first-order valence-electron chi connectivity index (χ1n) is 7.48. The molecule has 0 atom stereocenters. The monoisotopic (exact) mass is 372 g/mol. The normalized spacial score (nSPS) is 10.3. The Morgan fingerprint density at radius 1 is 0.920 bits per heavy atom. The van der Waals surface area contributed by atoms with Crippen LogP contribution in [0.3, 0.4) is 0 Å². The molecular weight excluding hydrogens is 359 g/mol. The van der Waals surface area contributed by atoms with Crippen LogP contribution in [0.25, 0.3) is 0 Å². The van der Waals surface area contributed by atoms with E-state index in [1.807, 2.05) is 12.1 Å². The van der Waals surface area contributed by atoms with Crippen LogP contribution in [0.15, 0.2) is 60.8 Å². The highest BCUT2D eigenvalue weighted by Gasteiger charge is 2.09. The third kappa shape index (κ3) is 4.92. The van der Waals surface area contributed by atoms with Gasteiger partial charge in [0.15, 0.2) is 0 Å². The molecular formula is C18H14Cl2N4O. The zero-order chi connectivity index (χ0) is 17.6. The maximum Gasteiger partial charge on any atom is 0.270 e. The zero-order valence-electron chi connectivity index (χ0n) is 13.0. The van der Waals surface area contributed by atoms with Crippen molar-refractivity contribution >= 4 is 40.7 Å². The molecule has 126 valence electrons. The average molecular weight is 373 g/mol. The summed E-state index contributed by atoms with van der Waals surface area (Å²) >= 11 is 11.7. The molecule has 0 saturated heterocycles. The summed E-state index contributed by atoms with van der Waals surface area (Å²) < 4.78 is 0. The summed E-state index contributed by atoms with van der Waals surface area (Å²) in [5.74, 6) is 0.0537. The summed E-state index contributed by atoms with van der Waals surface area (Å²) in [5.41, 5.74) is 2.01. The Balaban J connectivity index is 1.64. The zero-order valence-corrected chi connectivity index (χ0v) is 14.6. The van der Waals surface area contributed by atoms with Gasteiger partial charge in [0.2, 0.25) is 5.95 Å². The summed E-state index contributed by atoms with van der Waals surface area (Å²) in [5, 5.41) is 7.14. The van der Waals surface area contributed by atoms with Gasteiger partial charge in [0.1, 0.15) is 5.69 Å². The van der Waals surface area contributed by atoms with Crippen LogP contribution in [-0.4, -0.2) is 15.9 Å². The third-order valence-corrected chi connectivity index (χ3v) is 3.86. The van der Waals surface area contributed by atoms with Crippen molar-refractivity contribution in [1.29, 1.82) is 0 Å². The van der Waals surface area contributed by atoms with Gasteiger partial charge >= 0.3 is 0 Å². The lowest BCUT2D eigenvalue weighted by Crippen LogP contribution is -2.24. The standard InChI is InChI=1S/C18H14Cl2N4O/c19-13-3-1-12(2-4-13)11-22-17(25)16-9-10-21-18(24-16)23-15-7-5-14(20)6-8-15/h1-10H,11H2,(H,22,25)(H,21,23,24). The molecule has 1 aromatic heterocycles. The van der Waals surface area contributed by atoms with Crippen LogP contribution in [-0.2, 0) is 6.54 Å². The fourth-order valence-electron chi connectivity index (χ4n) is 2.08. The van der Waals surface area contributed by atoms with Crippen LogP contribution in [0, 0.1) is 0 Å². The first-order chi connectivity index (χ1) is 12.1. The number of hydrogen-bond donors (Lipinski definition) is 2. The van der Waals surface area contributed by atoms with Gasteiger partial charge in [0.25, 0.3) is 5.91 Å². The topological polar surface area (TPSA) is 66.9 Å². The second kappa shape index (κ2) is 7.96. The molecule has 2 N–H and O–H groups in total. The number of aromatic nitrogens is 2.